The first-order valence-corrected chi connectivity index (χ1v) is 8.37. The predicted octanol–water partition coefficient (Wildman–Crippen LogP) is 3.28. The Bertz CT molecular complexity index is 723. The molecule has 6 heteroatoms. The molecule has 2 saturated heterocycles. The number of nitrogens with zero attached hydrogens (tertiary/aromatic N) is 3. The van der Waals surface area contributed by atoms with Crippen LogP contribution >= 0.6 is 0 Å². The van der Waals surface area contributed by atoms with Crippen LogP contribution in [0.3, 0.4) is 0 Å². The molecule has 4 rings (SSSR count). The molecule has 2 bridgehead atoms. The van der Waals surface area contributed by atoms with Crippen molar-refractivity contribution in [2.24, 2.45) is 5.92 Å². The third kappa shape index (κ3) is 3.11. The quantitative estimate of drug-likeness (QED) is 0.865. The van der Waals surface area contributed by atoms with E-state index in [1.54, 1.807) is 12.1 Å². The number of fused-ring (bicyclic) bond motifs is 2. The van der Waals surface area contributed by atoms with E-state index >= 15 is 0 Å². The fourth-order valence-electron chi connectivity index (χ4n) is 3.68. The lowest BCUT2D eigenvalue weighted by atomic mass is 9.87. The maximum atomic E-state index is 13.8. The van der Waals surface area contributed by atoms with Crippen molar-refractivity contribution >= 4 is 0 Å². The summed E-state index contributed by atoms with van der Waals surface area (Å²) in [5, 5.41) is 8.11. The van der Waals surface area contributed by atoms with E-state index in [2.05, 4.69) is 15.1 Å². The molecule has 3 unspecified atom stereocenters. The van der Waals surface area contributed by atoms with Crippen molar-refractivity contribution in [3.8, 4) is 17.1 Å². The summed E-state index contributed by atoms with van der Waals surface area (Å²) in [5.41, 5.74) is 0.600. The van der Waals surface area contributed by atoms with E-state index in [1.807, 2.05) is 0 Å². The molecule has 1 aromatic carbocycles. The third-order valence-electron chi connectivity index (χ3n) is 4.92. The van der Waals surface area contributed by atoms with Gasteiger partial charge >= 0.3 is 0 Å². The van der Waals surface area contributed by atoms with Crippen LogP contribution < -0.4 is 4.74 Å². The van der Waals surface area contributed by atoms with Crippen molar-refractivity contribution in [1.29, 1.82) is 0 Å². The van der Waals surface area contributed by atoms with Gasteiger partial charge in [-0.3, -0.25) is 0 Å². The zero-order valence-electron chi connectivity index (χ0n) is 13.3. The van der Waals surface area contributed by atoms with Crippen LogP contribution in [-0.4, -0.2) is 40.8 Å². The van der Waals surface area contributed by atoms with Gasteiger partial charge in [0.2, 0.25) is 5.88 Å². The first-order chi connectivity index (χ1) is 11.7. The second-order valence-electron chi connectivity index (χ2n) is 6.53. The van der Waals surface area contributed by atoms with Crippen LogP contribution in [0.5, 0.6) is 5.88 Å². The van der Waals surface area contributed by atoms with Gasteiger partial charge in [-0.25, -0.2) is 8.78 Å². The minimum Gasteiger partial charge on any atom is -0.473 e. The highest BCUT2D eigenvalue weighted by molar-refractivity contribution is 5.59. The minimum atomic E-state index is -0.646. The highest BCUT2D eigenvalue weighted by Crippen LogP contribution is 2.29. The Morgan fingerprint density at radius 2 is 1.96 bits per heavy atom. The summed E-state index contributed by atoms with van der Waals surface area (Å²) in [6, 6.07) is 6.79. The van der Waals surface area contributed by atoms with Gasteiger partial charge in [-0.15, -0.1) is 10.2 Å². The Labute approximate surface area is 139 Å². The molecule has 0 radical (unpaired) electrons. The maximum Gasteiger partial charge on any atom is 0.233 e. The van der Waals surface area contributed by atoms with Crippen molar-refractivity contribution in [3.05, 3.63) is 42.0 Å². The molecule has 0 saturated carbocycles. The van der Waals surface area contributed by atoms with E-state index in [0.717, 1.165) is 25.6 Å². The van der Waals surface area contributed by atoms with Gasteiger partial charge in [0.05, 0.1) is 5.69 Å². The van der Waals surface area contributed by atoms with Crippen LogP contribution in [0.4, 0.5) is 8.78 Å². The van der Waals surface area contributed by atoms with Crippen LogP contribution in [0, 0.1) is 17.6 Å². The van der Waals surface area contributed by atoms with Crippen molar-refractivity contribution < 1.29 is 13.5 Å². The van der Waals surface area contributed by atoms with Gasteiger partial charge in [-0.1, -0.05) is 0 Å². The van der Waals surface area contributed by atoms with E-state index in [1.165, 1.54) is 31.5 Å². The normalized spacial score (nSPS) is 26.2. The molecule has 126 valence electrons. The third-order valence-corrected chi connectivity index (χ3v) is 4.92. The molecular formula is C18H19F2N3O. The first kappa shape index (κ1) is 15.4. The van der Waals surface area contributed by atoms with Gasteiger partial charge in [-0.05, 0) is 44.0 Å². The average Bonchev–Trinajstić information content (AvgIpc) is 2.59. The van der Waals surface area contributed by atoms with Gasteiger partial charge in [0.1, 0.15) is 17.7 Å². The summed E-state index contributed by atoms with van der Waals surface area (Å²) in [4.78, 5) is 2.49. The second-order valence-corrected chi connectivity index (χ2v) is 6.53. The van der Waals surface area contributed by atoms with E-state index in [0.29, 0.717) is 17.5 Å². The lowest BCUT2D eigenvalue weighted by molar-refractivity contribution is 0.0123. The molecule has 0 N–H and O–H groups in total. The zero-order valence-corrected chi connectivity index (χ0v) is 13.3. The SMILES string of the molecule is Fc1ccc(-c2ccc(OC3CCN4CCCC3C4)nn2)c(F)c1. The summed E-state index contributed by atoms with van der Waals surface area (Å²) >= 11 is 0. The Balaban J connectivity index is 1.47. The van der Waals surface area contributed by atoms with Crippen LogP contribution in [0.1, 0.15) is 19.3 Å². The highest BCUT2D eigenvalue weighted by Gasteiger charge is 2.33. The standard InChI is InChI=1S/C18H19F2N3O/c19-13-3-4-14(15(20)10-13)16-5-6-18(22-21-16)24-17-7-9-23-8-1-2-12(17)11-23/h3-6,10,12,17H,1-2,7-9,11H2. The molecule has 2 aromatic rings. The molecule has 2 aliphatic rings. The molecule has 24 heavy (non-hydrogen) atoms. The zero-order chi connectivity index (χ0) is 16.5. The van der Waals surface area contributed by atoms with Gasteiger partial charge in [0.15, 0.2) is 0 Å². The molecule has 0 amide bonds. The molecular weight excluding hydrogens is 312 g/mol. The largest absolute Gasteiger partial charge is 0.473 e. The summed E-state index contributed by atoms with van der Waals surface area (Å²) in [7, 11) is 0. The Hall–Kier alpha value is -2.08. The fourth-order valence-corrected chi connectivity index (χ4v) is 3.68. The summed E-state index contributed by atoms with van der Waals surface area (Å²) in [5.74, 6) is -0.246. The van der Waals surface area contributed by atoms with Gasteiger partial charge in [0.25, 0.3) is 0 Å². The van der Waals surface area contributed by atoms with Crippen LogP contribution in [0.25, 0.3) is 11.3 Å². The minimum absolute atomic E-state index is 0.171. The predicted molar refractivity (Wildman–Crippen MR) is 85.6 cm³/mol. The van der Waals surface area contributed by atoms with Gasteiger partial charge in [-0.2, -0.15) is 0 Å². The van der Waals surface area contributed by atoms with Crippen molar-refractivity contribution in [2.45, 2.75) is 25.4 Å². The van der Waals surface area contributed by atoms with Gasteiger partial charge in [0, 0.05) is 36.7 Å². The van der Waals surface area contributed by atoms with Crippen molar-refractivity contribution in [2.75, 3.05) is 19.6 Å². The molecule has 4 nitrogen and oxygen atoms in total. The van der Waals surface area contributed by atoms with Crippen molar-refractivity contribution in [3.63, 3.8) is 0 Å². The number of halogens is 2. The lowest BCUT2D eigenvalue weighted by Crippen LogP contribution is -2.49. The fraction of sp³-hybridized carbons (Fsp3) is 0.444. The summed E-state index contributed by atoms with van der Waals surface area (Å²) in [6.07, 6.45) is 3.58. The molecule has 1 aromatic heterocycles. The number of aromatic nitrogens is 2. The molecule has 0 aliphatic carbocycles. The number of hydrogen-bond donors (Lipinski definition) is 0. The number of rotatable bonds is 3. The van der Waals surface area contributed by atoms with E-state index in [-0.39, 0.29) is 11.7 Å². The molecule has 2 fully saturated rings. The van der Waals surface area contributed by atoms with E-state index < -0.39 is 11.6 Å². The number of piperidine rings is 2. The van der Waals surface area contributed by atoms with Gasteiger partial charge < -0.3 is 9.64 Å². The summed E-state index contributed by atoms with van der Waals surface area (Å²) in [6.45, 7) is 3.35. The Morgan fingerprint density at radius 3 is 2.75 bits per heavy atom. The lowest BCUT2D eigenvalue weighted by Gasteiger charge is -2.42. The van der Waals surface area contributed by atoms with E-state index in [4.69, 9.17) is 4.74 Å². The van der Waals surface area contributed by atoms with Crippen molar-refractivity contribution in [1.82, 2.24) is 15.1 Å². The smallest absolute Gasteiger partial charge is 0.233 e. The van der Waals surface area contributed by atoms with Crippen LogP contribution in [-0.2, 0) is 0 Å². The highest BCUT2D eigenvalue weighted by atomic mass is 19.1. The summed E-state index contributed by atoms with van der Waals surface area (Å²) < 4.78 is 32.8. The topological polar surface area (TPSA) is 38.2 Å². The second kappa shape index (κ2) is 6.43. The molecule has 3 atom stereocenters. The number of benzene rings is 1. The molecule has 0 spiro atoms. The van der Waals surface area contributed by atoms with E-state index in [9.17, 15) is 8.78 Å². The average molecular weight is 331 g/mol. The molecule has 3 heterocycles. The monoisotopic (exact) mass is 331 g/mol. The number of ether oxygens (including phenoxy) is 1. The molecule has 2 aliphatic heterocycles. The first-order valence-electron chi connectivity index (χ1n) is 8.37. The maximum absolute atomic E-state index is 13.8. The Kier molecular flexibility index (Phi) is 4.14. The number of hydrogen-bond acceptors (Lipinski definition) is 4. The van der Waals surface area contributed by atoms with Crippen LogP contribution in [0.15, 0.2) is 30.3 Å². The Morgan fingerprint density at radius 1 is 1.04 bits per heavy atom. The van der Waals surface area contributed by atoms with Crippen LogP contribution in [0.2, 0.25) is 0 Å².